The lowest BCUT2D eigenvalue weighted by molar-refractivity contribution is 0.212. The van der Waals surface area contributed by atoms with Gasteiger partial charge in [-0.15, -0.1) is 0 Å². The van der Waals surface area contributed by atoms with Crippen molar-refractivity contribution in [2.24, 2.45) is 0 Å². The number of nitrogens with one attached hydrogen (secondary N) is 1. The molecule has 2 N–H and O–H groups in total. The van der Waals surface area contributed by atoms with E-state index >= 15 is 0 Å². The van der Waals surface area contributed by atoms with Crippen molar-refractivity contribution in [2.45, 2.75) is 13.0 Å². The molecule has 2 aromatic rings. The molecule has 3 nitrogen and oxygen atoms in total. The summed E-state index contributed by atoms with van der Waals surface area (Å²) < 4.78 is 5.49. The van der Waals surface area contributed by atoms with Crippen LogP contribution in [0.5, 0.6) is 5.75 Å². The SMILES string of the molecule is CCOc1ccccc1C(O)c1cc[nH]c1. The summed E-state index contributed by atoms with van der Waals surface area (Å²) in [5.74, 6) is 0.735. The molecule has 0 fully saturated rings. The number of ether oxygens (including phenoxy) is 1. The van der Waals surface area contributed by atoms with E-state index in [2.05, 4.69) is 4.98 Å². The zero-order valence-electron chi connectivity index (χ0n) is 9.18. The van der Waals surface area contributed by atoms with Crippen molar-refractivity contribution in [3.8, 4) is 5.75 Å². The van der Waals surface area contributed by atoms with Crippen LogP contribution in [-0.2, 0) is 0 Å². The van der Waals surface area contributed by atoms with Gasteiger partial charge >= 0.3 is 0 Å². The fraction of sp³-hybridized carbons (Fsp3) is 0.231. The van der Waals surface area contributed by atoms with Gasteiger partial charge in [-0.2, -0.15) is 0 Å². The highest BCUT2D eigenvalue weighted by Crippen LogP contribution is 2.29. The number of hydrogen-bond donors (Lipinski definition) is 2. The average molecular weight is 217 g/mol. The van der Waals surface area contributed by atoms with Crippen molar-refractivity contribution in [2.75, 3.05) is 6.61 Å². The Bertz CT molecular complexity index is 437. The van der Waals surface area contributed by atoms with Gasteiger partial charge in [0.1, 0.15) is 11.9 Å². The van der Waals surface area contributed by atoms with Gasteiger partial charge in [-0.25, -0.2) is 0 Å². The Morgan fingerprint density at radius 1 is 1.31 bits per heavy atom. The van der Waals surface area contributed by atoms with E-state index in [0.717, 1.165) is 16.9 Å². The van der Waals surface area contributed by atoms with Crippen LogP contribution in [0.3, 0.4) is 0 Å². The first-order chi connectivity index (χ1) is 7.83. The molecule has 0 saturated carbocycles. The second-order valence-corrected chi connectivity index (χ2v) is 3.52. The highest BCUT2D eigenvalue weighted by molar-refractivity contribution is 5.39. The quantitative estimate of drug-likeness (QED) is 0.826. The normalized spacial score (nSPS) is 12.4. The van der Waals surface area contributed by atoms with E-state index in [9.17, 15) is 5.11 Å². The summed E-state index contributed by atoms with van der Waals surface area (Å²) in [5, 5.41) is 10.2. The van der Waals surface area contributed by atoms with E-state index in [-0.39, 0.29) is 0 Å². The first kappa shape index (κ1) is 10.8. The summed E-state index contributed by atoms with van der Waals surface area (Å²) in [6, 6.07) is 9.40. The van der Waals surface area contributed by atoms with Gasteiger partial charge in [-0.1, -0.05) is 18.2 Å². The fourth-order valence-corrected chi connectivity index (χ4v) is 1.68. The van der Waals surface area contributed by atoms with Crippen LogP contribution in [0.15, 0.2) is 42.7 Å². The third kappa shape index (κ3) is 2.09. The Hall–Kier alpha value is -1.74. The Labute approximate surface area is 94.7 Å². The van der Waals surface area contributed by atoms with Crippen molar-refractivity contribution >= 4 is 0 Å². The predicted octanol–water partition coefficient (Wildman–Crippen LogP) is 2.50. The largest absolute Gasteiger partial charge is 0.493 e. The minimum absolute atomic E-state index is 0.594. The zero-order chi connectivity index (χ0) is 11.4. The van der Waals surface area contributed by atoms with E-state index in [4.69, 9.17) is 4.74 Å². The lowest BCUT2D eigenvalue weighted by atomic mass is 10.0. The third-order valence-corrected chi connectivity index (χ3v) is 2.45. The first-order valence-electron chi connectivity index (χ1n) is 5.35. The molecule has 1 heterocycles. The molecule has 0 bridgehead atoms. The second kappa shape index (κ2) is 4.86. The van der Waals surface area contributed by atoms with Crippen LogP contribution in [0, 0.1) is 0 Å². The number of rotatable bonds is 4. The number of aliphatic hydroxyl groups is 1. The Balaban J connectivity index is 2.32. The van der Waals surface area contributed by atoms with Crippen LogP contribution in [-0.4, -0.2) is 16.7 Å². The zero-order valence-corrected chi connectivity index (χ0v) is 9.18. The summed E-state index contributed by atoms with van der Waals surface area (Å²) in [6.07, 6.45) is 2.93. The van der Waals surface area contributed by atoms with Gasteiger partial charge in [0.05, 0.1) is 6.61 Å². The van der Waals surface area contributed by atoms with Crippen molar-refractivity contribution in [1.82, 2.24) is 4.98 Å². The Morgan fingerprint density at radius 3 is 2.81 bits per heavy atom. The van der Waals surface area contributed by atoms with Crippen molar-refractivity contribution in [3.63, 3.8) is 0 Å². The molecule has 84 valence electrons. The molecule has 1 unspecified atom stereocenters. The van der Waals surface area contributed by atoms with Crippen LogP contribution in [0.4, 0.5) is 0 Å². The maximum Gasteiger partial charge on any atom is 0.125 e. The molecule has 1 aromatic carbocycles. The summed E-state index contributed by atoms with van der Waals surface area (Å²) >= 11 is 0. The molecule has 0 spiro atoms. The van der Waals surface area contributed by atoms with Gasteiger partial charge in [-0.05, 0) is 19.1 Å². The van der Waals surface area contributed by atoms with Crippen LogP contribution < -0.4 is 4.74 Å². The maximum atomic E-state index is 10.2. The number of para-hydroxylation sites is 1. The number of aromatic nitrogens is 1. The van der Waals surface area contributed by atoms with Crippen molar-refractivity contribution < 1.29 is 9.84 Å². The van der Waals surface area contributed by atoms with Crippen molar-refractivity contribution in [1.29, 1.82) is 0 Å². The summed E-state index contributed by atoms with van der Waals surface area (Å²) in [5.41, 5.74) is 1.64. The third-order valence-electron chi connectivity index (χ3n) is 2.45. The Morgan fingerprint density at radius 2 is 2.12 bits per heavy atom. The molecular weight excluding hydrogens is 202 g/mol. The first-order valence-corrected chi connectivity index (χ1v) is 5.35. The van der Waals surface area contributed by atoms with Crippen LogP contribution >= 0.6 is 0 Å². The highest BCUT2D eigenvalue weighted by Gasteiger charge is 2.14. The molecule has 16 heavy (non-hydrogen) atoms. The van der Waals surface area contributed by atoms with Crippen LogP contribution in [0.25, 0.3) is 0 Å². The molecule has 1 atom stereocenters. The molecule has 2 rings (SSSR count). The molecule has 0 aliphatic carbocycles. The Kier molecular flexibility index (Phi) is 3.27. The van der Waals surface area contributed by atoms with Crippen molar-refractivity contribution in [3.05, 3.63) is 53.9 Å². The van der Waals surface area contributed by atoms with Gasteiger partial charge in [0, 0.05) is 23.5 Å². The van der Waals surface area contributed by atoms with E-state index < -0.39 is 6.10 Å². The smallest absolute Gasteiger partial charge is 0.125 e. The fourth-order valence-electron chi connectivity index (χ4n) is 1.68. The van der Waals surface area contributed by atoms with E-state index in [0.29, 0.717) is 6.61 Å². The number of benzene rings is 1. The number of hydrogen-bond acceptors (Lipinski definition) is 2. The molecule has 0 saturated heterocycles. The lowest BCUT2D eigenvalue weighted by Crippen LogP contribution is -2.02. The van der Waals surface area contributed by atoms with Gasteiger partial charge < -0.3 is 14.8 Å². The minimum atomic E-state index is -0.644. The average Bonchev–Trinajstić information content (AvgIpc) is 2.83. The lowest BCUT2D eigenvalue weighted by Gasteiger charge is -2.14. The highest BCUT2D eigenvalue weighted by atomic mass is 16.5. The van der Waals surface area contributed by atoms with Crippen LogP contribution in [0.1, 0.15) is 24.2 Å². The van der Waals surface area contributed by atoms with E-state index in [1.54, 1.807) is 12.4 Å². The van der Waals surface area contributed by atoms with E-state index in [1.165, 1.54) is 0 Å². The molecule has 0 aliphatic heterocycles. The summed E-state index contributed by atoms with van der Waals surface area (Å²) in [7, 11) is 0. The molecule has 0 aliphatic rings. The minimum Gasteiger partial charge on any atom is -0.493 e. The molecule has 0 amide bonds. The number of aliphatic hydroxyl groups excluding tert-OH is 1. The molecule has 0 radical (unpaired) electrons. The van der Waals surface area contributed by atoms with Gasteiger partial charge in [0.2, 0.25) is 0 Å². The summed E-state index contributed by atoms with van der Waals surface area (Å²) in [4.78, 5) is 2.93. The second-order valence-electron chi connectivity index (χ2n) is 3.52. The summed E-state index contributed by atoms with van der Waals surface area (Å²) in [6.45, 7) is 2.52. The standard InChI is InChI=1S/C13H15NO2/c1-2-16-12-6-4-3-5-11(12)13(15)10-7-8-14-9-10/h3-9,13-15H,2H2,1H3. The molecule has 1 aromatic heterocycles. The number of aromatic amines is 1. The predicted molar refractivity (Wildman–Crippen MR) is 62.5 cm³/mol. The number of H-pyrrole nitrogens is 1. The maximum absolute atomic E-state index is 10.2. The topological polar surface area (TPSA) is 45.2 Å². The van der Waals surface area contributed by atoms with Gasteiger partial charge in [0.15, 0.2) is 0 Å². The van der Waals surface area contributed by atoms with Crippen LogP contribution in [0.2, 0.25) is 0 Å². The van der Waals surface area contributed by atoms with Gasteiger partial charge in [0.25, 0.3) is 0 Å². The van der Waals surface area contributed by atoms with Gasteiger partial charge in [-0.3, -0.25) is 0 Å². The monoisotopic (exact) mass is 217 g/mol. The molecule has 3 heteroatoms. The molecular formula is C13H15NO2. The van der Waals surface area contributed by atoms with E-state index in [1.807, 2.05) is 37.3 Å².